The summed E-state index contributed by atoms with van der Waals surface area (Å²) in [5.74, 6) is -1.80. The molecule has 4 aromatic rings. The number of fused-ring (bicyclic) bond motifs is 1. The van der Waals surface area contributed by atoms with Crippen LogP contribution in [-0.2, 0) is 11.0 Å². The third-order valence-electron chi connectivity index (χ3n) is 5.69. The number of hydrogen-bond acceptors (Lipinski definition) is 5. The summed E-state index contributed by atoms with van der Waals surface area (Å²) in [7, 11) is 0. The molecule has 1 aliphatic rings. The number of hydrogen-bond donors (Lipinski definition) is 0. The van der Waals surface area contributed by atoms with Gasteiger partial charge in [0.05, 0.1) is 27.0 Å². The van der Waals surface area contributed by atoms with Crippen molar-refractivity contribution in [3.05, 3.63) is 65.7 Å². The molecule has 0 radical (unpaired) electrons. The molecule has 3 aromatic heterocycles. The molecule has 0 N–H and O–H groups in total. The molecule has 1 fully saturated rings. The molecule has 6 nitrogen and oxygen atoms in total. The minimum atomic E-state index is -4.45. The van der Waals surface area contributed by atoms with Crippen molar-refractivity contribution in [3.8, 4) is 21.7 Å². The number of alkyl halides is 3. The van der Waals surface area contributed by atoms with E-state index in [1.165, 1.54) is 28.4 Å². The van der Waals surface area contributed by atoms with Crippen LogP contribution in [0.25, 0.3) is 32.7 Å². The molecule has 1 aromatic carbocycles. The van der Waals surface area contributed by atoms with Crippen LogP contribution in [-0.4, -0.2) is 43.6 Å². The van der Waals surface area contributed by atoms with Crippen LogP contribution in [0.15, 0.2) is 55.1 Å². The van der Waals surface area contributed by atoms with Gasteiger partial charge in [0.1, 0.15) is 11.2 Å². The Balaban J connectivity index is 1.63. The van der Waals surface area contributed by atoms with E-state index in [0.717, 1.165) is 27.6 Å². The summed E-state index contributed by atoms with van der Waals surface area (Å²) >= 11 is 1.49. The van der Waals surface area contributed by atoms with Gasteiger partial charge in [-0.25, -0.2) is 9.37 Å². The van der Waals surface area contributed by atoms with E-state index in [4.69, 9.17) is 5.10 Å². The highest BCUT2D eigenvalue weighted by molar-refractivity contribution is 7.15. The molecular weight excluding hydrogens is 470 g/mol. The molecule has 11 heteroatoms. The zero-order valence-corrected chi connectivity index (χ0v) is 18.6. The average molecular weight is 487 g/mol. The Morgan fingerprint density at radius 2 is 1.85 bits per heavy atom. The van der Waals surface area contributed by atoms with Crippen LogP contribution in [0.2, 0.25) is 0 Å². The number of thiazole rings is 1. The minimum Gasteiger partial charge on any atom is -0.332 e. The van der Waals surface area contributed by atoms with Gasteiger partial charge in [-0.05, 0) is 25.1 Å². The number of amides is 1. The monoisotopic (exact) mass is 487 g/mol. The van der Waals surface area contributed by atoms with Crippen LogP contribution in [0, 0.1) is 6.92 Å². The first-order chi connectivity index (χ1) is 16.1. The van der Waals surface area contributed by atoms with E-state index in [2.05, 4.69) is 16.5 Å². The number of aryl methyl sites for hydroxylation is 1. The molecule has 34 heavy (non-hydrogen) atoms. The van der Waals surface area contributed by atoms with Gasteiger partial charge in [0.25, 0.3) is 5.91 Å². The summed E-state index contributed by atoms with van der Waals surface area (Å²) in [6.45, 7) is 5.39. The fourth-order valence-corrected chi connectivity index (χ4v) is 4.78. The van der Waals surface area contributed by atoms with Crippen LogP contribution in [0.1, 0.15) is 16.6 Å². The van der Waals surface area contributed by atoms with E-state index < -0.39 is 23.5 Å². The molecule has 0 atom stereocenters. The number of carbonyl (C=O) groups excluding carboxylic acids is 1. The Bertz CT molecular complexity index is 1420. The van der Waals surface area contributed by atoms with Gasteiger partial charge < -0.3 is 4.90 Å². The number of carbonyl (C=O) groups is 1. The van der Waals surface area contributed by atoms with Crippen LogP contribution in [0.3, 0.4) is 0 Å². The third kappa shape index (κ3) is 3.75. The fraction of sp³-hybridized carbons (Fsp3) is 0.217. The number of pyridine rings is 1. The molecule has 0 saturated carbocycles. The van der Waals surface area contributed by atoms with Crippen molar-refractivity contribution in [2.75, 3.05) is 13.1 Å². The van der Waals surface area contributed by atoms with Crippen molar-refractivity contribution >= 4 is 28.3 Å². The van der Waals surface area contributed by atoms with Crippen LogP contribution in [0.5, 0.6) is 0 Å². The van der Waals surface area contributed by atoms with Crippen LogP contribution >= 0.6 is 11.3 Å². The summed E-state index contributed by atoms with van der Waals surface area (Å²) in [4.78, 5) is 22.9. The first kappa shape index (κ1) is 22.2. The summed E-state index contributed by atoms with van der Waals surface area (Å²) < 4.78 is 54.1. The Hall–Kier alpha value is -3.60. The maximum atomic E-state index is 13.3. The molecule has 0 aliphatic carbocycles. The quantitative estimate of drug-likeness (QED) is 0.285. The lowest BCUT2D eigenvalue weighted by Gasteiger charge is -2.39. The summed E-state index contributed by atoms with van der Waals surface area (Å²) in [5.41, 5.74) is 2.16. The molecule has 0 unspecified atom stereocenters. The maximum absolute atomic E-state index is 13.3. The Morgan fingerprint density at radius 3 is 2.44 bits per heavy atom. The van der Waals surface area contributed by atoms with Crippen molar-refractivity contribution in [1.29, 1.82) is 0 Å². The smallest absolute Gasteiger partial charge is 0.332 e. The SMILES string of the molecule is C=C(F)C(=O)N1CC(n2nc(-c3ccc(C(F)(F)F)cc3)c3nccc(-c4cnc(C)s4)c32)C1. The lowest BCUT2D eigenvalue weighted by molar-refractivity contribution is -0.137. The number of benzene rings is 1. The lowest BCUT2D eigenvalue weighted by Crippen LogP contribution is -2.51. The van der Waals surface area contributed by atoms with Crippen LogP contribution in [0.4, 0.5) is 17.6 Å². The van der Waals surface area contributed by atoms with Gasteiger partial charge in [0.15, 0.2) is 5.83 Å². The molecule has 4 heterocycles. The molecule has 5 rings (SSSR count). The highest BCUT2D eigenvalue weighted by Crippen LogP contribution is 2.39. The Morgan fingerprint density at radius 1 is 1.15 bits per heavy atom. The number of halogens is 4. The lowest BCUT2D eigenvalue weighted by atomic mass is 10.1. The second-order valence-corrected chi connectivity index (χ2v) is 9.17. The van der Waals surface area contributed by atoms with Gasteiger partial charge in [-0.3, -0.25) is 14.5 Å². The second-order valence-electron chi connectivity index (χ2n) is 7.94. The van der Waals surface area contributed by atoms with E-state index in [-0.39, 0.29) is 19.1 Å². The first-order valence-corrected chi connectivity index (χ1v) is 11.1. The molecule has 0 bridgehead atoms. The van der Waals surface area contributed by atoms with E-state index >= 15 is 0 Å². The van der Waals surface area contributed by atoms with E-state index in [9.17, 15) is 22.4 Å². The normalized spacial score (nSPS) is 14.4. The van der Waals surface area contributed by atoms with Crippen LogP contribution < -0.4 is 0 Å². The number of likely N-dealkylation sites (tertiary alicyclic amines) is 1. The molecule has 1 aliphatic heterocycles. The highest BCUT2D eigenvalue weighted by Gasteiger charge is 2.36. The van der Waals surface area contributed by atoms with Gasteiger partial charge in [-0.2, -0.15) is 18.3 Å². The van der Waals surface area contributed by atoms with Gasteiger partial charge in [-0.1, -0.05) is 18.7 Å². The molecule has 1 amide bonds. The maximum Gasteiger partial charge on any atom is 0.416 e. The van der Waals surface area contributed by atoms with Crippen molar-refractivity contribution in [2.24, 2.45) is 0 Å². The van der Waals surface area contributed by atoms with Gasteiger partial charge >= 0.3 is 6.18 Å². The van der Waals surface area contributed by atoms with E-state index in [1.807, 2.05) is 13.0 Å². The predicted octanol–water partition coefficient (Wildman–Crippen LogP) is 5.42. The topological polar surface area (TPSA) is 63.9 Å². The highest BCUT2D eigenvalue weighted by atomic mass is 32.1. The molecule has 1 saturated heterocycles. The Labute approximate surface area is 195 Å². The fourth-order valence-electron chi connectivity index (χ4n) is 3.97. The molecule has 0 spiro atoms. The molecule has 174 valence electrons. The third-order valence-corrected chi connectivity index (χ3v) is 6.63. The van der Waals surface area contributed by atoms with E-state index in [1.54, 1.807) is 17.1 Å². The zero-order chi connectivity index (χ0) is 24.2. The molecular formula is C23H17F4N5OS. The summed E-state index contributed by atoms with van der Waals surface area (Å²) in [6, 6.07) is 6.31. The van der Waals surface area contributed by atoms with Gasteiger partial charge in [0.2, 0.25) is 0 Å². The number of nitrogens with zero attached hydrogens (tertiary/aromatic N) is 5. The largest absolute Gasteiger partial charge is 0.416 e. The first-order valence-electron chi connectivity index (χ1n) is 10.2. The van der Waals surface area contributed by atoms with Gasteiger partial charge in [-0.15, -0.1) is 11.3 Å². The van der Waals surface area contributed by atoms with Crippen molar-refractivity contribution < 1.29 is 22.4 Å². The summed E-state index contributed by atoms with van der Waals surface area (Å²) in [6.07, 6.45) is -1.08. The predicted molar refractivity (Wildman–Crippen MR) is 120 cm³/mol. The summed E-state index contributed by atoms with van der Waals surface area (Å²) in [5, 5.41) is 5.58. The Kier molecular flexibility index (Phi) is 5.23. The van der Waals surface area contributed by atoms with Crippen molar-refractivity contribution in [3.63, 3.8) is 0 Å². The standard InChI is InChI=1S/C23H17F4N5OS/c1-12(24)22(33)31-10-16(11-31)32-21-17(18-9-29-13(2)34-18)7-8-28-20(21)19(30-32)14-3-5-15(6-4-14)23(25,26)27/h3-9,16H,1,10-11H2,2H3. The van der Waals surface area contributed by atoms with E-state index in [0.29, 0.717) is 22.3 Å². The minimum absolute atomic E-state index is 0.223. The van der Waals surface area contributed by atoms with Crippen molar-refractivity contribution in [1.82, 2.24) is 24.6 Å². The van der Waals surface area contributed by atoms with Gasteiger partial charge in [0, 0.05) is 36.6 Å². The second kappa shape index (κ2) is 8.01. The number of aromatic nitrogens is 4. The number of rotatable bonds is 4. The average Bonchev–Trinajstić information content (AvgIpc) is 3.36. The zero-order valence-electron chi connectivity index (χ0n) is 17.8. The van der Waals surface area contributed by atoms with Crippen molar-refractivity contribution in [2.45, 2.75) is 19.1 Å².